The number of aromatic nitrogens is 4. The summed E-state index contributed by atoms with van der Waals surface area (Å²) in [5, 5.41) is 4.29. The highest BCUT2D eigenvalue weighted by molar-refractivity contribution is 9.10. The number of aryl methyl sites for hydroxylation is 1. The largest absolute Gasteiger partial charge is 0.323 e. The number of hydrogen-bond donors (Lipinski definition) is 0. The summed E-state index contributed by atoms with van der Waals surface area (Å²) in [5.41, 5.74) is 2.13. The zero-order valence-corrected chi connectivity index (χ0v) is 14.0. The summed E-state index contributed by atoms with van der Waals surface area (Å²) in [6.07, 6.45) is 4.54. The molecule has 0 spiro atoms. The van der Waals surface area contributed by atoms with Gasteiger partial charge in [0, 0.05) is 29.2 Å². The van der Waals surface area contributed by atoms with Crippen molar-refractivity contribution in [3.05, 3.63) is 47.0 Å². The Labute approximate surface area is 136 Å². The Bertz CT molecular complexity index is 736. The van der Waals surface area contributed by atoms with Gasteiger partial charge in [-0.25, -0.2) is 4.98 Å². The van der Waals surface area contributed by atoms with E-state index in [0.29, 0.717) is 5.88 Å². The van der Waals surface area contributed by atoms with Gasteiger partial charge in [-0.15, -0.1) is 11.6 Å². The van der Waals surface area contributed by atoms with E-state index < -0.39 is 0 Å². The molecule has 110 valence electrons. The molecule has 4 nitrogen and oxygen atoms in total. The molecule has 21 heavy (non-hydrogen) atoms. The fourth-order valence-corrected chi connectivity index (χ4v) is 3.15. The highest BCUT2D eigenvalue weighted by Gasteiger charge is 2.16. The molecule has 0 amide bonds. The molecule has 2 heterocycles. The number of rotatable bonds is 5. The van der Waals surface area contributed by atoms with Crippen LogP contribution < -0.4 is 0 Å². The van der Waals surface area contributed by atoms with E-state index in [2.05, 4.69) is 38.6 Å². The third-order valence-electron chi connectivity index (χ3n) is 3.49. The van der Waals surface area contributed by atoms with Crippen LogP contribution >= 0.6 is 27.5 Å². The van der Waals surface area contributed by atoms with Crippen molar-refractivity contribution < 1.29 is 0 Å². The molecule has 1 aromatic carbocycles. The van der Waals surface area contributed by atoms with Crippen LogP contribution in [0.5, 0.6) is 0 Å². The van der Waals surface area contributed by atoms with Crippen molar-refractivity contribution in [2.45, 2.75) is 25.9 Å². The van der Waals surface area contributed by atoms with E-state index in [1.54, 1.807) is 6.20 Å². The predicted octanol–water partition coefficient (Wildman–Crippen LogP) is 4.04. The van der Waals surface area contributed by atoms with Gasteiger partial charge in [0.2, 0.25) is 0 Å². The first-order valence-electron chi connectivity index (χ1n) is 6.89. The minimum Gasteiger partial charge on any atom is -0.323 e. The standard InChI is InChI=1S/C15H16BrClN4/c1-11(10-20-8-2-7-18-20)21-14-9-12(16)3-4-13(14)19-15(21)5-6-17/h2-4,7-9,11H,5-6,10H2,1H3. The summed E-state index contributed by atoms with van der Waals surface area (Å²) in [7, 11) is 0. The van der Waals surface area contributed by atoms with Gasteiger partial charge in [0.15, 0.2) is 0 Å². The fraction of sp³-hybridized carbons (Fsp3) is 0.333. The van der Waals surface area contributed by atoms with E-state index >= 15 is 0 Å². The molecule has 1 atom stereocenters. The number of benzene rings is 1. The molecular formula is C15H16BrClN4. The monoisotopic (exact) mass is 366 g/mol. The minimum atomic E-state index is 0.252. The molecule has 6 heteroatoms. The average molecular weight is 368 g/mol. The van der Waals surface area contributed by atoms with Gasteiger partial charge < -0.3 is 4.57 Å². The van der Waals surface area contributed by atoms with E-state index in [9.17, 15) is 0 Å². The van der Waals surface area contributed by atoms with Gasteiger partial charge in [0.1, 0.15) is 5.82 Å². The minimum absolute atomic E-state index is 0.252. The van der Waals surface area contributed by atoms with E-state index in [0.717, 1.165) is 34.3 Å². The van der Waals surface area contributed by atoms with Crippen LogP contribution in [0.4, 0.5) is 0 Å². The van der Waals surface area contributed by atoms with Crippen molar-refractivity contribution in [2.75, 3.05) is 5.88 Å². The van der Waals surface area contributed by atoms with E-state index in [1.807, 2.05) is 29.1 Å². The number of hydrogen-bond acceptors (Lipinski definition) is 2. The molecule has 3 rings (SSSR count). The highest BCUT2D eigenvalue weighted by atomic mass is 79.9. The summed E-state index contributed by atoms with van der Waals surface area (Å²) in [6.45, 7) is 2.99. The normalized spacial score (nSPS) is 12.9. The summed E-state index contributed by atoms with van der Waals surface area (Å²) in [5.74, 6) is 1.59. The lowest BCUT2D eigenvalue weighted by atomic mass is 10.2. The Morgan fingerprint density at radius 1 is 1.38 bits per heavy atom. The van der Waals surface area contributed by atoms with Gasteiger partial charge in [0.25, 0.3) is 0 Å². The summed E-state index contributed by atoms with van der Waals surface area (Å²) in [4.78, 5) is 4.72. The Morgan fingerprint density at radius 3 is 2.95 bits per heavy atom. The molecular weight excluding hydrogens is 352 g/mol. The Kier molecular flexibility index (Phi) is 4.31. The van der Waals surface area contributed by atoms with Crippen molar-refractivity contribution in [1.82, 2.24) is 19.3 Å². The molecule has 0 aliphatic heterocycles. The zero-order chi connectivity index (χ0) is 14.8. The Balaban J connectivity index is 2.05. The summed E-state index contributed by atoms with van der Waals surface area (Å²) in [6, 6.07) is 8.35. The molecule has 0 saturated heterocycles. The predicted molar refractivity (Wildman–Crippen MR) is 88.8 cm³/mol. The van der Waals surface area contributed by atoms with Crippen LogP contribution in [0.1, 0.15) is 18.8 Å². The van der Waals surface area contributed by atoms with Gasteiger partial charge in [-0.3, -0.25) is 4.68 Å². The van der Waals surface area contributed by atoms with Crippen molar-refractivity contribution in [3.8, 4) is 0 Å². The summed E-state index contributed by atoms with van der Waals surface area (Å²) >= 11 is 9.47. The maximum absolute atomic E-state index is 5.93. The first kappa shape index (κ1) is 14.6. The lowest BCUT2D eigenvalue weighted by molar-refractivity contribution is 0.435. The molecule has 0 fully saturated rings. The van der Waals surface area contributed by atoms with Crippen molar-refractivity contribution in [2.24, 2.45) is 0 Å². The topological polar surface area (TPSA) is 35.6 Å². The maximum Gasteiger partial charge on any atom is 0.111 e. The number of nitrogens with zero attached hydrogens (tertiary/aromatic N) is 4. The second-order valence-corrected chi connectivity index (χ2v) is 6.34. The molecule has 0 aliphatic carbocycles. The molecule has 0 radical (unpaired) electrons. The lowest BCUT2D eigenvalue weighted by Gasteiger charge is -2.17. The van der Waals surface area contributed by atoms with Gasteiger partial charge >= 0.3 is 0 Å². The number of alkyl halides is 1. The van der Waals surface area contributed by atoms with Crippen LogP contribution in [0.2, 0.25) is 0 Å². The molecule has 0 aliphatic rings. The van der Waals surface area contributed by atoms with Crippen molar-refractivity contribution >= 4 is 38.6 Å². The van der Waals surface area contributed by atoms with Gasteiger partial charge in [-0.05, 0) is 31.2 Å². The lowest BCUT2D eigenvalue weighted by Crippen LogP contribution is -2.16. The fourth-order valence-electron chi connectivity index (χ4n) is 2.63. The molecule has 0 bridgehead atoms. The van der Waals surface area contributed by atoms with Crippen molar-refractivity contribution in [1.29, 1.82) is 0 Å². The smallest absolute Gasteiger partial charge is 0.111 e. The summed E-state index contributed by atoms with van der Waals surface area (Å²) < 4.78 is 5.27. The number of halogens is 2. The zero-order valence-electron chi connectivity index (χ0n) is 11.7. The first-order valence-corrected chi connectivity index (χ1v) is 8.21. The number of imidazole rings is 1. The molecule has 3 aromatic rings. The van der Waals surface area contributed by atoms with Crippen LogP contribution in [0.15, 0.2) is 41.1 Å². The quantitative estimate of drug-likeness (QED) is 0.638. The molecule has 2 aromatic heterocycles. The van der Waals surface area contributed by atoms with Crippen LogP contribution in [-0.4, -0.2) is 25.2 Å². The maximum atomic E-state index is 5.93. The molecule has 1 unspecified atom stereocenters. The van der Waals surface area contributed by atoms with Gasteiger partial charge in [-0.2, -0.15) is 5.10 Å². The van der Waals surface area contributed by atoms with E-state index in [-0.39, 0.29) is 6.04 Å². The van der Waals surface area contributed by atoms with Crippen LogP contribution in [0.25, 0.3) is 11.0 Å². The van der Waals surface area contributed by atoms with E-state index in [4.69, 9.17) is 16.6 Å². The van der Waals surface area contributed by atoms with E-state index in [1.165, 1.54) is 0 Å². The Hall–Kier alpha value is -1.33. The van der Waals surface area contributed by atoms with Crippen LogP contribution in [-0.2, 0) is 13.0 Å². The first-order chi connectivity index (χ1) is 10.2. The average Bonchev–Trinajstić information content (AvgIpc) is 3.06. The molecule has 0 saturated carbocycles. The Morgan fingerprint density at radius 2 is 2.24 bits per heavy atom. The molecule has 0 N–H and O–H groups in total. The van der Waals surface area contributed by atoms with Crippen LogP contribution in [0, 0.1) is 0 Å². The highest BCUT2D eigenvalue weighted by Crippen LogP contribution is 2.25. The SMILES string of the molecule is CC(Cn1cccn1)n1c(CCCl)nc2ccc(Br)cc21. The third-order valence-corrected chi connectivity index (χ3v) is 4.18. The van der Waals surface area contributed by atoms with Gasteiger partial charge in [0.05, 0.1) is 23.6 Å². The van der Waals surface area contributed by atoms with Crippen molar-refractivity contribution in [3.63, 3.8) is 0 Å². The third kappa shape index (κ3) is 2.99. The van der Waals surface area contributed by atoms with Crippen LogP contribution in [0.3, 0.4) is 0 Å². The van der Waals surface area contributed by atoms with Gasteiger partial charge in [-0.1, -0.05) is 15.9 Å². The second-order valence-electron chi connectivity index (χ2n) is 5.05. The number of fused-ring (bicyclic) bond motifs is 1. The second kappa shape index (κ2) is 6.20.